The summed E-state index contributed by atoms with van der Waals surface area (Å²) in [6.07, 6.45) is 8.09. The lowest BCUT2D eigenvalue weighted by molar-refractivity contribution is 0.466. The third kappa shape index (κ3) is 5.41. The van der Waals surface area contributed by atoms with Crippen LogP contribution in [0.2, 0.25) is 0 Å². The second-order valence-corrected chi connectivity index (χ2v) is 9.30. The summed E-state index contributed by atoms with van der Waals surface area (Å²) in [4.78, 5) is 13.8. The maximum Gasteiger partial charge on any atom is 0.228 e. The Hall–Kier alpha value is -3.71. The van der Waals surface area contributed by atoms with E-state index in [0.29, 0.717) is 17.9 Å². The minimum atomic E-state index is 0.331. The van der Waals surface area contributed by atoms with E-state index in [-0.39, 0.29) is 0 Å². The summed E-state index contributed by atoms with van der Waals surface area (Å²) >= 11 is 0. The number of benzene rings is 2. The van der Waals surface area contributed by atoms with Gasteiger partial charge >= 0.3 is 0 Å². The molecule has 0 amide bonds. The van der Waals surface area contributed by atoms with Crippen LogP contribution in [0.1, 0.15) is 38.2 Å². The number of aryl methyl sites for hydroxylation is 1. The molecule has 1 aliphatic heterocycles. The molecule has 3 N–H and O–H groups in total. The maximum atomic E-state index is 6.55. The predicted octanol–water partition coefficient (Wildman–Crippen LogP) is 6.17. The number of rotatable bonds is 9. The number of ether oxygens (including phenoxy) is 1. The molecule has 4 aromatic rings. The third-order valence-electron chi connectivity index (χ3n) is 6.59. The topological polar surface area (TPSA) is 84.0 Å². The Kier molecular flexibility index (Phi) is 7.57. The molecule has 1 aliphatic rings. The molecule has 1 atom stereocenters. The second kappa shape index (κ2) is 11.4. The van der Waals surface area contributed by atoms with Gasteiger partial charge < -0.3 is 20.7 Å². The molecule has 1 saturated heterocycles. The van der Waals surface area contributed by atoms with Gasteiger partial charge in [-0.25, -0.2) is 15.0 Å². The molecule has 0 aliphatic carbocycles. The van der Waals surface area contributed by atoms with Crippen molar-refractivity contribution in [1.29, 1.82) is 0 Å². The van der Waals surface area contributed by atoms with Crippen molar-refractivity contribution in [3.8, 4) is 22.9 Å². The van der Waals surface area contributed by atoms with Crippen LogP contribution in [0.25, 0.3) is 22.0 Å². The zero-order chi connectivity index (χ0) is 24.7. The van der Waals surface area contributed by atoms with Gasteiger partial charge in [0.05, 0.1) is 11.3 Å². The normalized spacial score (nSPS) is 15.6. The van der Waals surface area contributed by atoms with Crippen LogP contribution >= 0.6 is 0 Å². The highest BCUT2D eigenvalue weighted by Crippen LogP contribution is 2.38. The first-order chi connectivity index (χ1) is 17.7. The molecule has 2 aromatic carbocycles. The van der Waals surface area contributed by atoms with Crippen molar-refractivity contribution in [1.82, 2.24) is 20.3 Å². The van der Waals surface area contributed by atoms with E-state index in [4.69, 9.17) is 9.72 Å². The maximum absolute atomic E-state index is 6.55. The zero-order valence-corrected chi connectivity index (χ0v) is 21.1. The van der Waals surface area contributed by atoms with E-state index >= 15 is 0 Å². The van der Waals surface area contributed by atoms with Crippen molar-refractivity contribution in [2.75, 3.05) is 30.3 Å². The van der Waals surface area contributed by atoms with Gasteiger partial charge in [-0.2, -0.15) is 0 Å². The van der Waals surface area contributed by atoms with E-state index in [1.165, 1.54) is 0 Å². The summed E-state index contributed by atoms with van der Waals surface area (Å²) in [5.41, 5.74) is 3.79. The highest BCUT2D eigenvalue weighted by atomic mass is 16.5. The van der Waals surface area contributed by atoms with E-state index in [0.717, 1.165) is 84.3 Å². The van der Waals surface area contributed by atoms with Crippen molar-refractivity contribution in [2.24, 2.45) is 0 Å². The van der Waals surface area contributed by atoms with Gasteiger partial charge in [-0.1, -0.05) is 37.6 Å². The van der Waals surface area contributed by atoms with Gasteiger partial charge in [0, 0.05) is 48.0 Å². The van der Waals surface area contributed by atoms with Crippen LogP contribution in [0.4, 0.5) is 11.6 Å². The van der Waals surface area contributed by atoms with Crippen molar-refractivity contribution >= 4 is 22.4 Å². The van der Waals surface area contributed by atoms with E-state index in [9.17, 15) is 0 Å². The summed E-state index contributed by atoms with van der Waals surface area (Å²) in [7, 11) is 0. The van der Waals surface area contributed by atoms with Gasteiger partial charge in [0.1, 0.15) is 5.75 Å². The highest BCUT2D eigenvalue weighted by Gasteiger charge is 2.17. The van der Waals surface area contributed by atoms with Crippen LogP contribution in [0.15, 0.2) is 60.9 Å². The average Bonchev–Trinajstić information content (AvgIpc) is 2.91. The summed E-state index contributed by atoms with van der Waals surface area (Å²) in [6.45, 7) is 7.21. The number of hydrogen-bond acceptors (Lipinski definition) is 7. The summed E-state index contributed by atoms with van der Waals surface area (Å²) in [6, 6.07) is 16.7. The van der Waals surface area contributed by atoms with Gasteiger partial charge in [0.15, 0.2) is 0 Å². The van der Waals surface area contributed by atoms with E-state index in [1.54, 1.807) is 12.4 Å². The van der Waals surface area contributed by atoms with Crippen LogP contribution in [-0.4, -0.2) is 40.6 Å². The van der Waals surface area contributed by atoms with Crippen molar-refractivity contribution < 1.29 is 4.74 Å². The molecule has 0 spiro atoms. The molecule has 3 heterocycles. The molecule has 0 bridgehead atoms. The monoisotopic (exact) mass is 482 g/mol. The number of hydrogen-bond donors (Lipinski definition) is 3. The smallest absolute Gasteiger partial charge is 0.228 e. The molecule has 2 aromatic heterocycles. The van der Waals surface area contributed by atoms with Gasteiger partial charge in [0.25, 0.3) is 0 Å². The quantitative estimate of drug-likeness (QED) is 0.246. The standard InChI is InChI=1S/C29H34N6O/c1-3-4-16-31-25-11-5-9-23-22(25)13-12-20(2)27(23)36-28-24(10-7-17-32-28)26-14-18-33-29(35-26)34-21-8-6-15-30-19-21/h5,7,9-14,17-18,21,30-31H,3-4,6,8,15-16,19H2,1-2H3,(H,33,34,35). The van der Waals surface area contributed by atoms with Gasteiger partial charge in [0.2, 0.25) is 11.8 Å². The Labute approximate surface area is 212 Å². The number of nitrogens with one attached hydrogen (secondary N) is 3. The Morgan fingerprint density at radius 1 is 1.03 bits per heavy atom. The van der Waals surface area contributed by atoms with Crippen LogP contribution in [0.5, 0.6) is 11.6 Å². The summed E-state index contributed by atoms with van der Waals surface area (Å²) in [5.74, 6) is 1.97. The predicted molar refractivity (Wildman–Crippen MR) is 147 cm³/mol. The highest BCUT2D eigenvalue weighted by molar-refractivity contribution is 5.98. The van der Waals surface area contributed by atoms with Crippen molar-refractivity contribution in [3.05, 3.63) is 66.5 Å². The van der Waals surface area contributed by atoms with Crippen LogP contribution in [0, 0.1) is 6.92 Å². The van der Waals surface area contributed by atoms with E-state index < -0.39 is 0 Å². The molecule has 0 saturated carbocycles. The van der Waals surface area contributed by atoms with Gasteiger partial charge in [-0.15, -0.1) is 0 Å². The number of fused-ring (bicyclic) bond motifs is 1. The average molecular weight is 483 g/mol. The Morgan fingerprint density at radius 3 is 2.83 bits per heavy atom. The first kappa shape index (κ1) is 24.0. The third-order valence-corrected chi connectivity index (χ3v) is 6.59. The second-order valence-electron chi connectivity index (χ2n) is 9.30. The fourth-order valence-electron chi connectivity index (χ4n) is 4.63. The molecule has 7 heteroatoms. The molecular formula is C29H34N6O. The number of piperidine rings is 1. The fourth-order valence-corrected chi connectivity index (χ4v) is 4.63. The van der Waals surface area contributed by atoms with Gasteiger partial charge in [-0.3, -0.25) is 0 Å². The van der Waals surface area contributed by atoms with Crippen LogP contribution in [-0.2, 0) is 0 Å². The Morgan fingerprint density at radius 2 is 1.97 bits per heavy atom. The molecule has 7 nitrogen and oxygen atoms in total. The first-order valence-corrected chi connectivity index (χ1v) is 12.9. The number of unbranched alkanes of at least 4 members (excludes halogenated alkanes) is 1. The van der Waals surface area contributed by atoms with E-state index in [1.807, 2.05) is 18.2 Å². The largest absolute Gasteiger partial charge is 0.437 e. The van der Waals surface area contributed by atoms with Gasteiger partial charge in [-0.05, 0) is 62.6 Å². The Bertz CT molecular complexity index is 1320. The molecule has 0 radical (unpaired) electrons. The van der Waals surface area contributed by atoms with Crippen LogP contribution < -0.4 is 20.7 Å². The molecule has 186 valence electrons. The lowest BCUT2D eigenvalue weighted by atomic mass is 10.0. The number of nitrogens with zero attached hydrogens (tertiary/aromatic N) is 3. The fraction of sp³-hybridized carbons (Fsp3) is 0.345. The number of anilines is 2. The molecular weight excluding hydrogens is 448 g/mol. The summed E-state index contributed by atoms with van der Waals surface area (Å²) < 4.78 is 6.55. The lowest BCUT2D eigenvalue weighted by Crippen LogP contribution is -2.38. The van der Waals surface area contributed by atoms with Crippen LogP contribution in [0.3, 0.4) is 0 Å². The molecule has 1 fully saturated rings. The minimum absolute atomic E-state index is 0.331. The minimum Gasteiger partial charge on any atom is -0.437 e. The SMILES string of the molecule is CCCCNc1cccc2c(Oc3ncccc3-c3ccnc(NC4CCCNC4)n3)c(C)ccc12. The Balaban J connectivity index is 1.46. The van der Waals surface area contributed by atoms with Crippen molar-refractivity contribution in [2.45, 2.75) is 45.6 Å². The van der Waals surface area contributed by atoms with Crippen molar-refractivity contribution in [3.63, 3.8) is 0 Å². The molecule has 5 rings (SSSR count). The van der Waals surface area contributed by atoms with E-state index in [2.05, 4.69) is 70.1 Å². The molecule has 1 unspecified atom stereocenters. The lowest BCUT2D eigenvalue weighted by Gasteiger charge is -2.23. The molecule has 36 heavy (non-hydrogen) atoms. The number of pyridine rings is 1. The first-order valence-electron chi connectivity index (χ1n) is 12.9. The summed E-state index contributed by atoms with van der Waals surface area (Å²) in [5, 5.41) is 12.7. The zero-order valence-electron chi connectivity index (χ0n) is 21.1. The number of aromatic nitrogens is 3.